The zero-order chi connectivity index (χ0) is 14.8. The van der Waals surface area contributed by atoms with E-state index in [4.69, 9.17) is 5.73 Å². The van der Waals surface area contributed by atoms with Gasteiger partial charge in [-0.2, -0.15) is 5.10 Å². The van der Waals surface area contributed by atoms with Crippen LogP contribution >= 0.6 is 0 Å². The zero-order valence-electron chi connectivity index (χ0n) is 12.3. The van der Waals surface area contributed by atoms with Gasteiger partial charge in [-0.3, -0.25) is 4.79 Å². The highest BCUT2D eigenvalue weighted by Crippen LogP contribution is 2.18. The quantitative estimate of drug-likeness (QED) is 0.904. The van der Waals surface area contributed by atoms with Crippen molar-refractivity contribution in [2.24, 2.45) is 11.1 Å². The molecule has 2 N–H and O–H groups in total. The summed E-state index contributed by atoms with van der Waals surface area (Å²) in [5.74, 6) is 0.00947. The molecule has 0 aliphatic heterocycles. The summed E-state index contributed by atoms with van der Waals surface area (Å²) in [7, 11) is 0. The molecule has 0 spiro atoms. The Morgan fingerprint density at radius 2 is 2.20 bits per heavy atom. The van der Waals surface area contributed by atoms with E-state index in [0.717, 1.165) is 5.52 Å². The van der Waals surface area contributed by atoms with Gasteiger partial charge < -0.3 is 10.6 Å². The Bertz CT molecular complexity index is 603. The van der Waals surface area contributed by atoms with Gasteiger partial charge in [-0.1, -0.05) is 19.9 Å². The fourth-order valence-electron chi connectivity index (χ4n) is 2.18. The fraction of sp³-hybridized carbons (Fsp3) is 0.467. The molecule has 0 aromatic carbocycles. The Hall–Kier alpha value is -1.88. The Kier molecular flexibility index (Phi) is 4.09. The summed E-state index contributed by atoms with van der Waals surface area (Å²) in [4.78, 5) is 14.5. The van der Waals surface area contributed by atoms with Gasteiger partial charge in [0, 0.05) is 19.3 Å². The predicted molar refractivity (Wildman–Crippen MR) is 79.6 cm³/mol. The van der Waals surface area contributed by atoms with Gasteiger partial charge in [0.05, 0.1) is 17.3 Å². The van der Waals surface area contributed by atoms with Crippen LogP contribution in [0.4, 0.5) is 0 Å². The van der Waals surface area contributed by atoms with Crippen LogP contribution in [0.1, 0.15) is 31.1 Å². The monoisotopic (exact) mass is 274 g/mol. The second-order valence-corrected chi connectivity index (χ2v) is 5.78. The van der Waals surface area contributed by atoms with E-state index in [9.17, 15) is 4.79 Å². The minimum absolute atomic E-state index is 0.00947. The van der Waals surface area contributed by atoms with Gasteiger partial charge in [-0.15, -0.1) is 0 Å². The lowest BCUT2D eigenvalue weighted by molar-refractivity contribution is 0.0703. The van der Waals surface area contributed by atoms with Gasteiger partial charge in [-0.25, -0.2) is 4.52 Å². The molecule has 5 heteroatoms. The Morgan fingerprint density at radius 3 is 2.85 bits per heavy atom. The number of hydrogen-bond acceptors (Lipinski definition) is 3. The minimum Gasteiger partial charge on any atom is -0.338 e. The normalized spacial score (nSPS) is 11.8. The van der Waals surface area contributed by atoms with Crippen LogP contribution in [-0.2, 0) is 0 Å². The summed E-state index contributed by atoms with van der Waals surface area (Å²) in [6.45, 7) is 7.97. The molecule has 20 heavy (non-hydrogen) atoms. The van der Waals surface area contributed by atoms with Crippen LogP contribution in [0.5, 0.6) is 0 Å². The van der Waals surface area contributed by atoms with Gasteiger partial charge in [-0.05, 0) is 31.0 Å². The standard InChI is InChI=1S/C15H22N4O/c1-4-18(11-15(2,3)10-16)14(20)12-9-17-19-8-6-5-7-13(12)19/h5-9H,4,10-11,16H2,1-3H3. The van der Waals surface area contributed by atoms with Crippen molar-refractivity contribution in [2.45, 2.75) is 20.8 Å². The number of carbonyl (C=O) groups is 1. The lowest BCUT2D eigenvalue weighted by Gasteiger charge is -2.30. The van der Waals surface area contributed by atoms with E-state index in [2.05, 4.69) is 18.9 Å². The van der Waals surface area contributed by atoms with Crippen molar-refractivity contribution in [3.63, 3.8) is 0 Å². The summed E-state index contributed by atoms with van der Waals surface area (Å²) in [5, 5.41) is 4.22. The van der Waals surface area contributed by atoms with Crippen LogP contribution in [-0.4, -0.2) is 40.1 Å². The minimum atomic E-state index is -0.0887. The topological polar surface area (TPSA) is 63.6 Å². The maximum absolute atomic E-state index is 12.7. The van der Waals surface area contributed by atoms with E-state index >= 15 is 0 Å². The Morgan fingerprint density at radius 1 is 1.45 bits per heavy atom. The predicted octanol–water partition coefficient (Wildman–Crippen LogP) is 1.78. The van der Waals surface area contributed by atoms with Gasteiger partial charge >= 0.3 is 0 Å². The first-order chi connectivity index (χ1) is 9.48. The number of carbonyl (C=O) groups excluding carboxylic acids is 1. The van der Waals surface area contributed by atoms with Crippen molar-refractivity contribution in [3.8, 4) is 0 Å². The van der Waals surface area contributed by atoms with E-state index < -0.39 is 0 Å². The molecule has 5 nitrogen and oxygen atoms in total. The van der Waals surface area contributed by atoms with Crippen LogP contribution in [0.15, 0.2) is 30.6 Å². The molecule has 0 radical (unpaired) electrons. The molecule has 108 valence electrons. The number of fused-ring (bicyclic) bond motifs is 1. The maximum Gasteiger partial charge on any atom is 0.257 e. The van der Waals surface area contributed by atoms with E-state index in [0.29, 0.717) is 25.2 Å². The molecule has 2 aromatic rings. The number of nitrogens with two attached hydrogens (primary N) is 1. The number of rotatable bonds is 5. The number of nitrogens with zero attached hydrogens (tertiary/aromatic N) is 3. The van der Waals surface area contributed by atoms with Gasteiger partial charge in [0.2, 0.25) is 0 Å². The zero-order valence-corrected chi connectivity index (χ0v) is 12.3. The van der Waals surface area contributed by atoms with Crippen LogP contribution in [0.2, 0.25) is 0 Å². The first kappa shape index (κ1) is 14.5. The molecule has 0 fully saturated rings. The number of pyridine rings is 1. The smallest absolute Gasteiger partial charge is 0.257 e. The molecule has 0 saturated heterocycles. The van der Waals surface area contributed by atoms with E-state index in [1.807, 2.05) is 36.2 Å². The second kappa shape index (κ2) is 5.63. The molecule has 2 aromatic heterocycles. The Labute approximate surface area is 119 Å². The van der Waals surface area contributed by atoms with Crippen molar-refractivity contribution in [2.75, 3.05) is 19.6 Å². The molecule has 2 rings (SSSR count). The van der Waals surface area contributed by atoms with Gasteiger partial charge in [0.1, 0.15) is 0 Å². The van der Waals surface area contributed by atoms with E-state index in [1.165, 1.54) is 0 Å². The summed E-state index contributed by atoms with van der Waals surface area (Å²) >= 11 is 0. The van der Waals surface area contributed by atoms with Gasteiger partial charge in [0.25, 0.3) is 5.91 Å². The summed E-state index contributed by atoms with van der Waals surface area (Å²) in [6, 6.07) is 5.71. The van der Waals surface area contributed by atoms with Crippen LogP contribution in [0.25, 0.3) is 5.52 Å². The highest BCUT2D eigenvalue weighted by molar-refractivity contribution is 6.00. The van der Waals surface area contributed by atoms with Crippen molar-refractivity contribution in [1.29, 1.82) is 0 Å². The van der Waals surface area contributed by atoms with Crippen LogP contribution in [0.3, 0.4) is 0 Å². The fourth-order valence-corrected chi connectivity index (χ4v) is 2.18. The first-order valence-electron chi connectivity index (χ1n) is 6.90. The van der Waals surface area contributed by atoms with E-state index in [-0.39, 0.29) is 11.3 Å². The average molecular weight is 274 g/mol. The average Bonchev–Trinajstić information content (AvgIpc) is 2.88. The SMILES string of the molecule is CCN(CC(C)(C)CN)C(=O)c1cnn2ccccc12. The highest BCUT2D eigenvalue weighted by Gasteiger charge is 2.25. The first-order valence-corrected chi connectivity index (χ1v) is 6.90. The molecule has 1 amide bonds. The van der Waals surface area contributed by atoms with Gasteiger partial charge in [0.15, 0.2) is 0 Å². The number of amides is 1. The molecular formula is C15H22N4O. The number of hydrogen-bond donors (Lipinski definition) is 1. The second-order valence-electron chi connectivity index (χ2n) is 5.78. The molecular weight excluding hydrogens is 252 g/mol. The summed E-state index contributed by atoms with van der Waals surface area (Å²) in [5.41, 5.74) is 7.15. The largest absolute Gasteiger partial charge is 0.338 e. The third-order valence-electron chi connectivity index (χ3n) is 3.50. The molecule has 0 aliphatic carbocycles. The molecule has 0 saturated carbocycles. The van der Waals surface area contributed by atoms with Crippen molar-refractivity contribution < 1.29 is 4.79 Å². The molecule has 0 atom stereocenters. The molecule has 0 aliphatic rings. The third kappa shape index (κ3) is 2.82. The van der Waals surface area contributed by atoms with Crippen molar-refractivity contribution >= 4 is 11.4 Å². The Balaban J connectivity index is 2.29. The van der Waals surface area contributed by atoms with Crippen LogP contribution in [0, 0.1) is 5.41 Å². The van der Waals surface area contributed by atoms with Crippen molar-refractivity contribution in [3.05, 3.63) is 36.2 Å². The van der Waals surface area contributed by atoms with Crippen LogP contribution < -0.4 is 5.73 Å². The van der Waals surface area contributed by atoms with Crippen molar-refractivity contribution in [1.82, 2.24) is 14.5 Å². The summed E-state index contributed by atoms with van der Waals surface area (Å²) < 4.78 is 1.72. The summed E-state index contributed by atoms with van der Waals surface area (Å²) in [6.07, 6.45) is 3.47. The lowest BCUT2D eigenvalue weighted by atomic mass is 9.93. The van der Waals surface area contributed by atoms with E-state index in [1.54, 1.807) is 10.7 Å². The molecule has 2 heterocycles. The number of aromatic nitrogens is 2. The molecule has 0 unspecified atom stereocenters. The third-order valence-corrected chi connectivity index (χ3v) is 3.50. The molecule has 0 bridgehead atoms. The maximum atomic E-state index is 12.7. The highest BCUT2D eigenvalue weighted by atomic mass is 16.2. The lowest BCUT2D eigenvalue weighted by Crippen LogP contribution is -2.41.